The SMILES string of the molecule is CCCCCN1B(C)Nc2ccnn2C(C)(C)C(CC)N(c2ccccc2)B1C. The molecule has 0 saturated heterocycles. The van der Waals surface area contributed by atoms with Gasteiger partial charge in [0, 0.05) is 11.7 Å². The van der Waals surface area contributed by atoms with Gasteiger partial charge in [0.05, 0.1) is 11.7 Å². The summed E-state index contributed by atoms with van der Waals surface area (Å²) in [4.78, 5) is 2.63. The van der Waals surface area contributed by atoms with Crippen molar-refractivity contribution in [1.82, 2.24) is 14.5 Å². The van der Waals surface area contributed by atoms with Crippen molar-refractivity contribution in [3.63, 3.8) is 0 Å². The first-order chi connectivity index (χ1) is 13.9. The highest BCUT2D eigenvalue weighted by molar-refractivity contribution is 6.75. The molecule has 1 aliphatic heterocycles. The van der Waals surface area contributed by atoms with E-state index >= 15 is 0 Å². The predicted molar refractivity (Wildman–Crippen MR) is 128 cm³/mol. The lowest BCUT2D eigenvalue weighted by Crippen LogP contribution is -2.63. The van der Waals surface area contributed by atoms with E-state index in [0.29, 0.717) is 6.04 Å². The van der Waals surface area contributed by atoms with E-state index in [1.165, 1.54) is 24.9 Å². The number of nitrogens with one attached hydrogen (secondary N) is 1. The quantitative estimate of drug-likeness (QED) is 0.550. The van der Waals surface area contributed by atoms with Crippen LogP contribution in [0.5, 0.6) is 0 Å². The molecule has 1 N–H and O–H groups in total. The Morgan fingerprint density at radius 1 is 1.07 bits per heavy atom. The maximum atomic E-state index is 4.75. The van der Waals surface area contributed by atoms with Gasteiger partial charge in [0.1, 0.15) is 5.82 Å². The molecule has 0 fully saturated rings. The molecule has 2 aromatic rings. The van der Waals surface area contributed by atoms with Crippen LogP contribution in [0, 0.1) is 0 Å². The molecule has 29 heavy (non-hydrogen) atoms. The van der Waals surface area contributed by atoms with E-state index in [9.17, 15) is 0 Å². The Morgan fingerprint density at radius 2 is 1.79 bits per heavy atom. The second-order valence-corrected chi connectivity index (χ2v) is 8.85. The number of hydrogen-bond acceptors (Lipinski definition) is 4. The number of anilines is 2. The number of unbranched alkanes of at least 4 members (excludes halogenated alkanes) is 2. The summed E-state index contributed by atoms with van der Waals surface area (Å²) >= 11 is 0. The van der Waals surface area contributed by atoms with Crippen molar-refractivity contribution in [2.45, 2.75) is 78.6 Å². The third kappa shape index (κ3) is 4.35. The van der Waals surface area contributed by atoms with Crippen molar-refractivity contribution >= 4 is 25.5 Å². The van der Waals surface area contributed by atoms with Crippen LogP contribution >= 0.6 is 0 Å². The maximum Gasteiger partial charge on any atom is 0.330 e. The van der Waals surface area contributed by atoms with Crippen molar-refractivity contribution < 1.29 is 0 Å². The smallest absolute Gasteiger partial charge is 0.330 e. The molecule has 156 valence electrons. The summed E-state index contributed by atoms with van der Waals surface area (Å²) in [5.41, 5.74) is 1.12. The summed E-state index contributed by atoms with van der Waals surface area (Å²) in [6.07, 6.45) is 6.69. The summed E-state index contributed by atoms with van der Waals surface area (Å²) in [6, 6.07) is 13.3. The van der Waals surface area contributed by atoms with Crippen molar-refractivity contribution in [3.05, 3.63) is 42.6 Å². The van der Waals surface area contributed by atoms with Gasteiger partial charge >= 0.3 is 14.0 Å². The molecule has 1 aromatic heterocycles. The first-order valence-electron chi connectivity index (χ1n) is 11.3. The van der Waals surface area contributed by atoms with Gasteiger partial charge in [-0.3, -0.25) is 0 Å². The van der Waals surface area contributed by atoms with Gasteiger partial charge in [-0.1, -0.05) is 58.5 Å². The Bertz CT molecular complexity index is 764. The molecule has 0 aliphatic carbocycles. The van der Waals surface area contributed by atoms with Crippen LogP contribution in [0.4, 0.5) is 11.5 Å². The van der Waals surface area contributed by atoms with Crippen molar-refractivity contribution in [2.24, 2.45) is 0 Å². The number of benzene rings is 1. The number of nitrogens with zero attached hydrogens (tertiary/aromatic N) is 4. The lowest BCUT2D eigenvalue weighted by atomic mass is 9.59. The summed E-state index contributed by atoms with van der Waals surface area (Å²) in [7, 11) is 0. The summed E-state index contributed by atoms with van der Waals surface area (Å²) in [5, 5.41) is 8.51. The summed E-state index contributed by atoms with van der Waals surface area (Å²) in [6.45, 7) is 15.4. The predicted octanol–water partition coefficient (Wildman–Crippen LogP) is 5.06. The molecular weight excluding hydrogens is 356 g/mol. The molecule has 7 heteroatoms. The Morgan fingerprint density at radius 3 is 2.45 bits per heavy atom. The van der Waals surface area contributed by atoms with E-state index in [0.717, 1.165) is 18.8 Å². The van der Waals surface area contributed by atoms with Gasteiger partial charge < -0.3 is 14.8 Å². The van der Waals surface area contributed by atoms with E-state index in [1.807, 2.05) is 6.20 Å². The lowest BCUT2D eigenvalue weighted by Gasteiger charge is -2.47. The highest BCUT2D eigenvalue weighted by atomic mass is 15.4. The first kappa shape index (κ1) is 21.8. The van der Waals surface area contributed by atoms with Crippen LogP contribution in [-0.4, -0.2) is 41.1 Å². The molecule has 1 aromatic carbocycles. The molecule has 1 aliphatic rings. The fraction of sp³-hybridized carbons (Fsp3) is 0.591. The van der Waals surface area contributed by atoms with Crippen molar-refractivity contribution in [2.75, 3.05) is 16.6 Å². The summed E-state index contributed by atoms with van der Waals surface area (Å²) in [5.74, 6) is 1.10. The molecule has 0 saturated carbocycles. The highest BCUT2D eigenvalue weighted by Gasteiger charge is 2.44. The normalized spacial score (nSPS) is 19.9. The van der Waals surface area contributed by atoms with Gasteiger partial charge in [0.25, 0.3) is 0 Å². The van der Waals surface area contributed by atoms with E-state index in [2.05, 4.69) is 97.2 Å². The average Bonchev–Trinajstić information content (AvgIpc) is 3.18. The zero-order valence-corrected chi connectivity index (χ0v) is 19.1. The molecule has 1 unspecified atom stereocenters. The molecule has 0 amide bonds. The Labute approximate surface area is 178 Å². The van der Waals surface area contributed by atoms with Gasteiger partial charge in [-0.05, 0) is 51.4 Å². The van der Waals surface area contributed by atoms with Crippen LogP contribution in [-0.2, 0) is 5.54 Å². The van der Waals surface area contributed by atoms with Gasteiger partial charge in [-0.2, -0.15) is 5.10 Å². The van der Waals surface area contributed by atoms with Gasteiger partial charge in [0.15, 0.2) is 0 Å². The lowest BCUT2D eigenvalue weighted by molar-refractivity contribution is 0.256. The van der Waals surface area contributed by atoms with E-state index in [1.54, 1.807) is 0 Å². The topological polar surface area (TPSA) is 36.3 Å². The minimum absolute atomic E-state index is 0.163. The Balaban J connectivity index is 2.12. The fourth-order valence-electron chi connectivity index (χ4n) is 5.01. The van der Waals surface area contributed by atoms with E-state index in [4.69, 9.17) is 5.10 Å². The van der Waals surface area contributed by atoms with Crippen molar-refractivity contribution in [1.29, 1.82) is 0 Å². The standard InChI is InChI=1S/C22H37B2N5/c1-7-9-13-18-27-23(5)26-21-16-17-25-29(21)22(3,4)20(8-2)28(24(27)6)19-14-11-10-12-15-19/h10-12,14-17,20,26H,7-9,13,18H2,1-6H3. The molecule has 2 heterocycles. The van der Waals surface area contributed by atoms with Crippen LogP contribution in [0.25, 0.3) is 0 Å². The fourth-order valence-corrected chi connectivity index (χ4v) is 5.01. The first-order valence-corrected chi connectivity index (χ1v) is 11.3. The van der Waals surface area contributed by atoms with E-state index < -0.39 is 0 Å². The van der Waals surface area contributed by atoms with Crippen molar-refractivity contribution in [3.8, 4) is 0 Å². The van der Waals surface area contributed by atoms with Crippen LogP contribution < -0.4 is 10.0 Å². The maximum absolute atomic E-state index is 4.75. The molecule has 5 nitrogen and oxygen atoms in total. The minimum Gasteiger partial charge on any atom is -0.400 e. The van der Waals surface area contributed by atoms with Crippen LogP contribution in [0.3, 0.4) is 0 Å². The Kier molecular flexibility index (Phi) is 6.99. The number of hydrogen-bond donors (Lipinski definition) is 1. The van der Waals surface area contributed by atoms with Crippen LogP contribution in [0.15, 0.2) is 42.6 Å². The average molecular weight is 393 g/mol. The van der Waals surface area contributed by atoms with Gasteiger partial charge in [-0.25, -0.2) is 4.68 Å². The molecule has 0 spiro atoms. The second kappa shape index (κ2) is 9.29. The number of rotatable bonds is 6. The monoisotopic (exact) mass is 393 g/mol. The van der Waals surface area contributed by atoms with Crippen LogP contribution in [0.1, 0.15) is 53.4 Å². The molecule has 1 atom stereocenters. The molecular formula is C22H37B2N5. The number of fused-ring (bicyclic) bond motifs is 1. The summed E-state index contributed by atoms with van der Waals surface area (Å²) < 4.78 is 4.81. The zero-order valence-electron chi connectivity index (χ0n) is 19.1. The highest BCUT2D eigenvalue weighted by Crippen LogP contribution is 2.35. The second-order valence-electron chi connectivity index (χ2n) is 8.85. The molecule has 3 rings (SSSR count). The minimum atomic E-state index is -0.163. The molecule has 0 radical (unpaired) electrons. The zero-order chi connectivity index (χ0) is 21.0. The van der Waals surface area contributed by atoms with E-state index in [-0.39, 0.29) is 19.5 Å². The van der Waals surface area contributed by atoms with Gasteiger partial charge in [-0.15, -0.1) is 0 Å². The largest absolute Gasteiger partial charge is 0.400 e. The third-order valence-corrected chi connectivity index (χ3v) is 6.54. The molecule has 0 bridgehead atoms. The number of aromatic nitrogens is 2. The van der Waals surface area contributed by atoms with Gasteiger partial charge in [0.2, 0.25) is 0 Å². The number of para-hydroxylation sites is 1. The Hall–Kier alpha value is -1.88. The van der Waals surface area contributed by atoms with Crippen LogP contribution in [0.2, 0.25) is 13.6 Å². The third-order valence-electron chi connectivity index (χ3n) is 6.54.